The summed E-state index contributed by atoms with van der Waals surface area (Å²) in [6.07, 6.45) is 1.58. The number of nitrogens with one attached hydrogen (secondary N) is 1. The van der Waals surface area contributed by atoms with Gasteiger partial charge in [0.2, 0.25) is 0 Å². The highest BCUT2D eigenvalue weighted by Gasteiger charge is 2.12. The van der Waals surface area contributed by atoms with Crippen LogP contribution in [0.3, 0.4) is 0 Å². The Balaban J connectivity index is 2.09. The molecule has 1 atom stereocenters. The van der Waals surface area contributed by atoms with Crippen molar-refractivity contribution in [3.63, 3.8) is 0 Å². The second kappa shape index (κ2) is 7.07. The molecule has 0 aliphatic carbocycles. The van der Waals surface area contributed by atoms with Crippen LogP contribution in [0.5, 0.6) is 0 Å². The van der Waals surface area contributed by atoms with Crippen LogP contribution in [0.15, 0.2) is 42.5 Å². The van der Waals surface area contributed by atoms with Gasteiger partial charge in [-0.25, -0.2) is 4.39 Å². The highest BCUT2D eigenvalue weighted by Crippen LogP contribution is 2.26. The van der Waals surface area contributed by atoms with Gasteiger partial charge >= 0.3 is 0 Å². The molecule has 1 nitrogen and oxygen atoms in total. The van der Waals surface area contributed by atoms with Crippen LogP contribution in [0.1, 0.15) is 11.1 Å². The number of halogens is 3. The van der Waals surface area contributed by atoms with E-state index in [1.807, 2.05) is 19.2 Å². The zero-order chi connectivity index (χ0) is 14.5. The highest BCUT2D eigenvalue weighted by molar-refractivity contribution is 6.42. The fourth-order valence-electron chi connectivity index (χ4n) is 2.15. The molecule has 1 N–H and O–H groups in total. The van der Waals surface area contributed by atoms with Gasteiger partial charge in [-0.2, -0.15) is 0 Å². The lowest BCUT2D eigenvalue weighted by Gasteiger charge is -2.17. The Kier molecular flexibility index (Phi) is 5.41. The molecular formula is C16H16Cl2FN. The second-order valence-corrected chi connectivity index (χ2v) is 5.52. The van der Waals surface area contributed by atoms with Gasteiger partial charge in [-0.05, 0) is 49.2 Å². The summed E-state index contributed by atoms with van der Waals surface area (Å²) >= 11 is 12.2. The van der Waals surface area contributed by atoms with Crippen molar-refractivity contribution < 1.29 is 4.39 Å². The molecule has 0 bridgehead atoms. The predicted molar refractivity (Wildman–Crippen MR) is 83.1 cm³/mol. The summed E-state index contributed by atoms with van der Waals surface area (Å²) in [5.41, 5.74) is 2.10. The SMILES string of the molecule is CNC(Cc1ccc(F)cc1)Cc1cccc(Cl)c1Cl. The summed E-state index contributed by atoms with van der Waals surface area (Å²) in [7, 11) is 1.91. The molecule has 0 saturated carbocycles. The molecule has 0 aliphatic heterocycles. The molecule has 0 saturated heterocycles. The third-order valence-electron chi connectivity index (χ3n) is 3.30. The topological polar surface area (TPSA) is 12.0 Å². The first-order chi connectivity index (χ1) is 9.60. The van der Waals surface area contributed by atoms with Gasteiger partial charge in [0.05, 0.1) is 10.0 Å². The van der Waals surface area contributed by atoms with E-state index in [9.17, 15) is 4.39 Å². The maximum absolute atomic E-state index is 12.9. The zero-order valence-corrected chi connectivity index (χ0v) is 12.7. The number of hydrogen-bond acceptors (Lipinski definition) is 1. The maximum atomic E-state index is 12.9. The van der Waals surface area contributed by atoms with Crippen molar-refractivity contribution in [2.24, 2.45) is 0 Å². The summed E-state index contributed by atoms with van der Waals surface area (Å²) in [6.45, 7) is 0. The summed E-state index contributed by atoms with van der Waals surface area (Å²) in [5, 5.41) is 4.44. The van der Waals surface area contributed by atoms with Crippen LogP contribution >= 0.6 is 23.2 Å². The van der Waals surface area contributed by atoms with Crippen molar-refractivity contribution >= 4 is 23.2 Å². The standard InChI is InChI=1S/C16H16Cl2FN/c1-20-14(9-11-5-7-13(19)8-6-11)10-12-3-2-4-15(17)16(12)18/h2-8,14,20H,9-10H2,1H3. The normalized spacial score (nSPS) is 12.4. The van der Waals surface area contributed by atoms with E-state index in [-0.39, 0.29) is 11.9 Å². The van der Waals surface area contributed by atoms with Gasteiger partial charge in [-0.3, -0.25) is 0 Å². The zero-order valence-electron chi connectivity index (χ0n) is 11.2. The molecule has 0 aromatic heterocycles. The molecule has 1 unspecified atom stereocenters. The van der Waals surface area contributed by atoms with E-state index in [1.54, 1.807) is 18.2 Å². The fraction of sp³-hybridized carbons (Fsp3) is 0.250. The molecule has 2 aromatic carbocycles. The first-order valence-electron chi connectivity index (χ1n) is 6.44. The van der Waals surface area contributed by atoms with E-state index in [1.165, 1.54) is 12.1 Å². The molecule has 0 fully saturated rings. The van der Waals surface area contributed by atoms with Gasteiger partial charge in [0.1, 0.15) is 5.82 Å². The maximum Gasteiger partial charge on any atom is 0.123 e. The molecule has 2 rings (SSSR count). The van der Waals surface area contributed by atoms with Crippen molar-refractivity contribution in [2.75, 3.05) is 7.05 Å². The van der Waals surface area contributed by atoms with Gasteiger partial charge < -0.3 is 5.32 Å². The van der Waals surface area contributed by atoms with E-state index >= 15 is 0 Å². The second-order valence-electron chi connectivity index (χ2n) is 4.73. The van der Waals surface area contributed by atoms with Crippen molar-refractivity contribution in [1.29, 1.82) is 0 Å². The Morgan fingerprint density at radius 2 is 1.75 bits per heavy atom. The van der Waals surface area contributed by atoms with Gasteiger partial charge in [-0.1, -0.05) is 47.5 Å². The third-order valence-corrected chi connectivity index (χ3v) is 4.16. The smallest absolute Gasteiger partial charge is 0.123 e. The molecule has 0 heterocycles. The molecule has 4 heteroatoms. The molecule has 20 heavy (non-hydrogen) atoms. The van der Waals surface area contributed by atoms with Crippen LogP contribution in [0.2, 0.25) is 10.0 Å². The Hall–Kier alpha value is -1.09. The van der Waals surface area contributed by atoms with Crippen molar-refractivity contribution in [3.8, 4) is 0 Å². The first-order valence-corrected chi connectivity index (χ1v) is 7.20. The minimum absolute atomic E-state index is 0.215. The van der Waals surface area contributed by atoms with E-state index in [2.05, 4.69) is 5.32 Å². The minimum Gasteiger partial charge on any atom is -0.316 e. The number of likely N-dealkylation sites (N-methyl/N-ethyl adjacent to an activating group) is 1. The van der Waals surface area contributed by atoms with Crippen LogP contribution in [0.4, 0.5) is 4.39 Å². The quantitative estimate of drug-likeness (QED) is 0.857. The van der Waals surface area contributed by atoms with E-state index in [0.717, 1.165) is 24.0 Å². The molecule has 0 radical (unpaired) electrons. The Labute approximate surface area is 128 Å². The van der Waals surface area contributed by atoms with Crippen molar-refractivity contribution in [1.82, 2.24) is 5.32 Å². The lowest BCUT2D eigenvalue weighted by molar-refractivity contribution is 0.555. The van der Waals surface area contributed by atoms with Crippen molar-refractivity contribution in [2.45, 2.75) is 18.9 Å². The van der Waals surface area contributed by atoms with E-state index in [0.29, 0.717) is 10.0 Å². The summed E-state index contributed by atoms with van der Waals surface area (Å²) in [4.78, 5) is 0. The predicted octanol–water partition coefficient (Wildman–Crippen LogP) is 4.51. The van der Waals surface area contributed by atoms with E-state index in [4.69, 9.17) is 23.2 Å². The highest BCUT2D eigenvalue weighted by atomic mass is 35.5. The van der Waals surface area contributed by atoms with Crippen LogP contribution in [0, 0.1) is 5.82 Å². The van der Waals surface area contributed by atoms with Crippen LogP contribution in [0.25, 0.3) is 0 Å². The van der Waals surface area contributed by atoms with Crippen LogP contribution in [-0.2, 0) is 12.8 Å². The molecular weight excluding hydrogens is 296 g/mol. The van der Waals surface area contributed by atoms with Gasteiger partial charge in [0, 0.05) is 6.04 Å². The molecule has 0 spiro atoms. The lowest BCUT2D eigenvalue weighted by atomic mass is 9.99. The van der Waals surface area contributed by atoms with Crippen LogP contribution < -0.4 is 5.32 Å². The van der Waals surface area contributed by atoms with Gasteiger partial charge in [0.15, 0.2) is 0 Å². The summed E-state index contributed by atoms with van der Waals surface area (Å²) < 4.78 is 12.9. The monoisotopic (exact) mass is 311 g/mol. The fourth-order valence-corrected chi connectivity index (χ4v) is 2.55. The average molecular weight is 312 g/mol. The Bertz CT molecular complexity index is 569. The molecule has 0 aliphatic rings. The Morgan fingerprint density at radius 3 is 2.40 bits per heavy atom. The first kappa shape index (κ1) is 15.3. The summed E-state index contributed by atoms with van der Waals surface area (Å²) in [5.74, 6) is -0.215. The van der Waals surface area contributed by atoms with E-state index < -0.39 is 0 Å². The largest absolute Gasteiger partial charge is 0.316 e. The summed E-state index contributed by atoms with van der Waals surface area (Å²) in [6, 6.07) is 12.4. The number of rotatable bonds is 5. The molecule has 2 aromatic rings. The molecule has 0 amide bonds. The van der Waals surface area contributed by atoms with Crippen molar-refractivity contribution in [3.05, 3.63) is 69.5 Å². The average Bonchev–Trinajstić information content (AvgIpc) is 2.45. The van der Waals surface area contributed by atoms with Crippen LogP contribution in [-0.4, -0.2) is 13.1 Å². The van der Waals surface area contributed by atoms with Gasteiger partial charge in [0.25, 0.3) is 0 Å². The lowest BCUT2D eigenvalue weighted by Crippen LogP contribution is -2.30. The minimum atomic E-state index is -0.215. The third kappa shape index (κ3) is 3.95. The van der Waals surface area contributed by atoms with Gasteiger partial charge in [-0.15, -0.1) is 0 Å². The Morgan fingerprint density at radius 1 is 1.05 bits per heavy atom. The molecule has 106 valence electrons. The number of benzene rings is 2. The number of hydrogen-bond donors (Lipinski definition) is 1.